The van der Waals surface area contributed by atoms with Crippen LogP contribution in [0.15, 0.2) is 12.1 Å². The van der Waals surface area contributed by atoms with Crippen LogP contribution in [-0.2, 0) is 10.3 Å². The summed E-state index contributed by atoms with van der Waals surface area (Å²) in [6.45, 7) is 1.45. The monoisotopic (exact) mass is 268 g/mol. The summed E-state index contributed by atoms with van der Waals surface area (Å²) in [6.07, 6.45) is 2.81. The molecule has 1 saturated carbocycles. The highest BCUT2D eigenvalue weighted by Crippen LogP contribution is 2.48. The predicted molar refractivity (Wildman–Crippen MR) is 72.0 cm³/mol. The van der Waals surface area contributed by atoms with Crippen LogP contribution in [0.4, 0.5) is 5.69 Å². The third-order valence-corrected chi connectivity index (χ3v) is 3.70. The van der Waals surface area contributed by atoms with E-state index in [-0.39, 0.29) is 5.91 Å². The number of hydrogen-bond acceptors (Lipinski definition) is 3. The van der Waals surface area contributed by atoms with E-state index in [4.69, 9.17) is 22.1 Å². The number of ether oxygens (including phenoxy) is 1. The molecule has 0 aliphatic heterocycles. The van der Waals surface area contributed by atoms with E-state index >= 15 is 0 Å². The van der Waals surface area contributed by atoms with Gasteiger partial charge in [-0.05, 0) is 31.4 Å². The lowest BCUT2D eigenvalue weighted by atomic mass is 9.72. The molecule has 2 rings (SSSR count). The summed E-state index contributed by atoms with van der Waals surface area (Å²) in [5.41, 5.74) is 7.26. The summed E-state index contributed by atoms with van der Waals surface area (Å²) >= 11 is 6.25. The number of carbonyl (C=O) groups excluding carboxylic acids is 1. The van der Waals surface area contributed by atoms with Gasteiger partial charge in [0.15, 0.2) is 0 Å². The predicted octanol–water partition coefficient (Wildman–Crippen LogP) is 2.64. The number of nitrogens with one attached hydrogen (secondary N) is 1. The molecule has 1 aliphatic rings. The fraction of sp³-hybridized carbons (Fsp3) is 0.462. The zero-order valence-corrected chi connectivity index (χ0v) is 11.3. The van der Waals surface area contributed by atoms with Crippen LogP contribution >= 0.6 is 11.6 Å². The minimum atomic E-state index is -0.455. The molecule has 1 aromatic rings. The summed E-state index contributed by atoms with van der Waals surface area (Å²) in [6, 6.07) is 3.49. The molecule has 0 unspecified atom stereocenters. The Kier molecular flexibility index (Phi) is 3.50. The first-order chi connectivity index (χ1) is 8.48. The van der Waals surface area contributed by atoms with Gasteiger partial charge in [0.05, 0.1) is 12.8 Å². The van der Waals surface area contributed by atoms with E-state index in [1.165, 1.54) is 6.92 Å². The van der Waals surface area contributed by atoms with Gasteiger partial charge in [-0.25, -0.2) is 0 Å². The van der Waals surface area contributed by atoms with E-state index in [0.29, 0.717) is 16.5 Å². The van der Waals surface area contributed by atoms with Crippen molar-refractivity contribution in [2.24, 2.45) is 5.73 Å². The highest BCUT2D eigenvalue weighted by Gasteiger charge is 2.39. The summed E-state index contributed by atoms with van der Waals surface area (Å²) in [4.78, 5) is 11.3. The van der Waals surface area contributed by atoms with Crippen LogP contribution in [0.2, 0.25) is 5.02 Å². The molecule has 0 saturated heterocycles. The Morgan fingerprint density at radius 3 is 2.61 bits per heavy atom. The highest BCUT2D eigenvalue weighted by molar-refractivity contribution is 6.32. The molecule has 3 N–H and O–H groups in total. The van der Waals surface area contributed by atoms with E-state index in [1.807, 2.05) is 0 Å². The number of hydrogen-bond donors (Lipinski definition) is 2. The van der Waals surface area contributed by atoms with Crippen molar-refractivity contribution >= 4 is 23.2 Å². The molecular formula is C13H17ClN2O2. The van der Waals surface area contributed by atoms with Crippen molar-refractivity contribution < 1.29 is 9.53 Å². The van der Waals surface area contributed by atoms with E-state index in [1.54, 1.807) is 19.2 Å². The van der Waals surface area contributed by atoms with Crippen LogP contribution < -0.4 is 15.8 Å². The average Bonchev–Trinajstić information content (AvgIpc) is 2.26. The lowest BCUT2D eigenvalue weighted by Crippen LogP contribution is -2.44. The normalized spacial score (nSPS) is 16.9. The van der Waals surface area contributed by atoms with Crippen molar-refractivity contribution in [2.75, 3.05) is 12.4 Å². The van der Waals surface area contributed by atoms with Crippen LogP contribution in [0, 0.1) is 0 Å². The highest BCUT2D eigenvalue weighted by atomic mass is 35.5. The second-order valence-electron chi connectivity index (χ2n) is 4.69. The third-order valence-electron chi connectivity index (χ3n) is 3.38. The minimum absolute atomic E-state index is 0.167. The van der Waals surface area contributed by atoms with E-state index in [9.17, 15) is 4.79 Å². The number of amides is 1. The third kappa shape index (κ3) is 2.18. The van der Waals surface area contributed by atoms with Gasteiger partial charge in [0.2, 0.25) is 5.91 Å². The summed E-state index contributed by atoms with van der Waals surface area (Å²) in [5.74, 6) is 0.418. The van der Waals surface area contributed by atoms with Crippen LogP contribution in [0.3, 0.4) is 0 Å². The zero-order valence-electron chi connectivity index (χ0n) is 10.5. The number of nitrogens with two attached hydrogens (primary N) is 1. The second-order valence-corrected chi connectivity index (χ2v) is 5.10. The minimum Gasteiger partial charge on any atom is -0.495 e. The number of anilines is 1. The molecule has 1 aliphatic carbocycles. The number of benzene rings is 1. The van der Waals surface area contributed by atoms with Crippen molar-refractivity contribution in [3.05, 3.63) is 22.7 Å². The number of rotatable bonds is 3. The first-order valence-corrected chi connectivity index (χ1v) is 6.29. The van der Waals surface area contributed by atoms with E-state index in [2.05, 4.69) is 5.32 Å². The van der Waals surface area contributed by atoms with Gasteiger partial charge in [-0.2, -0.15) is 0 Å². The molecule has 0 aromatic heterocycles. The van der Waals surface area contributed by atoms with Crippen LogP contribution in [-0.4, -0.2) is 13.0 Å². The van der Waals surface area contributed by atoms with Crippen molar-refractivity contribution in [3.8, 4) is 5.75 Å². The molecule has 0 spiro atoms. The smallest absolute Gasteiger partial charge is 0.221 e. The van der Waals surface area contributed by atoms with Gasteiger partial charge in [-0.15, -0.1) is 0 Å². The Morgan fingerprint density at radius 2 is 2.17 bits per heavy atom. The van der Waals surface area contributed by atoms with Crippen molar-refractivity contribution in [2.45, 2.75) is 31.7 Å². The number of halogens is 1. The molecule has 1 aromatic carbocycles. The Hall–Kier alpha value is -1.26. The van der Waals surface area contributed by atoms with Crippen molar-refractivity contribution in [1.82, 2.24) is 0 Å². The summed E-state index contributed by atoms with van der Waals surface area (Å²) < 4.78 is 5.28. The molecule has 1 amide bonds. The van der Waals surface area contributed by atoms with Gasteiger partial charge in [0.1, 0.15) is 5.75 Å². The van der Waals surface area contributed by atoms with Gasteiger partial charge in [0.25, 0.3) is 0 Å². The largest absolute Gasteiger partial charge is 0.495 e. The Labute approximate surface area is 111 Å². The lowest BCUT2D eigenvalue weighted by molar-refractivity contribution is -0.114. The second kappa shape index (κ2) is 4.78. The van der Waals surface area contributed by atoms with Gasteiger partial charge in [0, 0.05) is 23.0 Å². The molecule has 4 nitrogen and oxygen atoms in total. The molecule has 0 bridgehead atoms. The molecular weight excluding hydrogens is 252 g/mol. The van der Waals surface area contributed by atoms with E-state index < -0.39 is 5.54 Å². The summed E-state index contributed by atoms with van der Waals surface area (Å²) in [5, 5.41) is 3.35. The first kappa shape index (κ1) is 13.2. The number of methoxy groups -OCH3 is 1. The fourth-order valence-corrected chi connectivity index (χ4v) is 2.67. The van der Waals surface area contributed by atoms with Crippen LogP contribution in [0.1, 0.15) is 31.7 Å². The quantitative estimate of drug-likeness (QED) is 0.886. The molecule has 5 heteroatoms. The zero-order chi connectivity index (χ0) is 13.3. The van der Waals surface area contributed by atoms with Gasteiger partial charge >= 0.3 is 0 Å². The van der Waals surface area contributed by atoms with Crippen LogP contribution in [0.5, 0.6) is 5.75 Å². The molecule has 0 heterocycles. The maximum absolute atomic E-state index is 11.3. The molecule has 1 fully saturated rings. The summed E-state index contributed by atoms with van der Waals surface area (Å²) in [7, 11) is 1.56. The van der Waals surface area contributed by atoms with Gasteiger partial charge in [-0.1, -0.05) is 11.6 Å². The lowest BCUT2D eigenvalue weighted by Gasteiger charge is -2.40. The maximum atomic E-state index is 11.3. The van der Waals surface area contributed by atoms with Gasteiger partial charge < -0.3 is 15.8 Å². The Morgan fingerprint density at radius 1 is 1.50 bits per heavy atom. The molecule has 18 heavy (non-hydrogen) atoms. The average molecular weight is 269 g/mol. The van der Waals surface area contributed by atoms with Crippen LogP contribution in [0.25, 0.3) is 0 Å². The molecule has 0 radical (unpaired) electrons. The number of carbonyl (C=O) groups is 1. The molecule has 0 atom stereocenters. The van der Waals surface area contributed by atoms with E-state index in [0.717, 1.165) is 24.8 Å². The SMILES string of the molecule is COc1ccc(Cl)c(C2(N)CCC2)c1NC(C)=O. The standard InChI is InChI=1S/C13H17ClN2O2/c1-8(17)16-12-10(18-2)5-4-9(14)11(12)13(15)6-3-7-13/h4-5H,3,6-7,15H2,1-2H3,(H,16,17). The van der Waals surface area contributed by atoms with Crippen molar-refractivity contribution in [1.29, 1.82) is 0 Å². The first-order valence-electron chi connectivity index (χ1n) is 5.91. The Bertz CT molecular complexity index is 484. The Balaban J connectivity index is 2.56. The molecule has 98 valence electrons. The van der Waals surface area contributed by atoms with Gasteiger partial charge in [-0.3, -0.25) is 4.79 Å². The maximum Gasteiger partial charge on any atom is 0.221 e. The topological polar surface area (TPSA) is 64.3 Å². The fourth-order valence-electron chi connectivity index (χ4n) is 2.32. The van der Waals surface area contributed by atoms with Crippen molar-refractivity contribution in [3.63, 3.8) is 0 Å².